The van der Waals surface area contributed by atoms with Crippen LogP contribution in [0.2, 0.25) is 0 Å². The van der Waals surface area contributed by atoms with Crippen molar-refractivity contribution in [3.63, 3.8) is 0 Å². The molecule has 0 saturated carbocycles. The van der Waals surface area contributed by atoms with E-state index in [1.165, 1.54) is 0 Å². The molecule has 0 aliphatic rings. The molecule has 0 spiro atoms. The first-order valence-corrected chi connectivity index (χ1v) is 2.08. The molecule has 0 saturated heterocycles. The topological polar surface area (TPSA) is 17.1 Å². The van der Waals surface area contributed by atoms with E-state index in [1.54, 1.807) is 0 Å². The lowest BCUT2D eigenvalue weighted by Gasteiger charge is -1.85. The van der Waals surface area contributed by atoms with Crippen molar-refractivity contribution in [2.75, 3.05) is 0 Å². The van der Waals surface area contributed by atoms with Crippen LogP contribution in [-0.4, -0.2) is 5.78 Å². The van der Waals surface area contributed by atoms with Crippen LogP contribution in [-0.2, 0) is 4.79 Å². The van der Waals surface area contributed by atoms with Crippen molar-refractivity contribution in [2.24, 2.45) is 0 Å². The fraction of sp³-hybridized carbons (Fsp3) is 0.400. The lowest BCUT2D eigenvalue weighted by molar-refractivity contribution is -0.115. The Kier molecular flexibility index (Phi) is 2.31. The van der Waals surface area contributed by atoms with E-state index in [9.17, 15) is 13.6 Å². The highest BCUT2D eigenvalue weighted by Crippen LogP contribution is 2.06. The van der Waals surface area contributed by atoms with Crippen LogP contribution in [0.3, 0.4) is 0 Å². The molecule has 0 aromatic carbocycles. The molecule has 0 aromatic rings. The van der Waals surface area contributed by atoms with Gasteiger partial charge in [-0.2, -0.15) is 0 Å². The van der Waals surface area contributed by atoms with Crippen molar-refractivity contribution in [1.29, 1.82) is 0 Å². The highest BCUT2D eigenvalue weighted by atomic mass is 19.2. The second-order valence-electron chi connectivity index (χ2n) is 1.40. The Morgan fingerprint density at radius 1 is 1.25 bits per heavy atom. The third kappa shape index (κ3) is 1.82. The van der Waals surface area contributed by atoms with Crippen molar-refractivity contribution in [3.8, 4) is 0 Å². The number of ketones is 1. The van der Waals surface area contributed by atoms with E-state index in [0.717, 1.165) is 13.8 Å². The fourth-order valence-corrected chi connectivity index (χ4v) is 0.243. The Morgan fingerprint density at radius 3 is 1.62 bits per heavy atom. The molecular formula is C5H6F2O. The van der Waals surface area contributed by atoms with Gasteiger partial charge in [0, 0.05) is 6.92 Å². The maximum atomic E-state index is 11.8. The Balaban J connectivity index is 4.23. The number of Topliss-reactive ketones (excluding diaryl/α,β-unsaturated/α-hetero) is 1. The number of carbonyl (C=O) groups excluding carboxylic acids is 1. The van der Waals surface area contributed by atoms with Crippen molar-refractivity contribution < 1.29 is 13.6 Å². The summed E-state index contributed by atoms with van der Waals surface area (Å²) in [7, 11) is 0. The minimum absolute atomic E-state index is 0.870. The van der Waals surface area contributed by atoms with Crippen LogP contribution in [0.15, 0.2) is 11.7 Å². The van der Waals surface area contributed by atoms with Crippen LogP contribution in [0.25, 0.3) is 0 Å². The molecule has 0 bridgehead atoms. The summed E-state index contributed by atoms with van der Waals surface area (Å²) < 4.78 is 23.4. The highest BCUT2D eigenvalue weighted by Gasteiger charge is 2.04. The molecular weight excluding hydrogens is 114 g/mol. The number of hydrogen-bond donors (Lipinski definition) is 0. The number of rotatable bonds is 1. The van der Waals surface area contributed by atoms with Crippen LogP contribution >= 0.6 is 0 Å². The molecule has 46 valence electrons. The quantitative estimate of drug-likeness (QED) is 0.482. The largest absolute Gasteiger partial charge is 0.292 e. The molecule has 0 N–H and O–H groups in total. The first-order valence-electron chi connectivity index (χ1n) is 2.08. The van der Waals surface area contributed by atoms with E-state index < -0.39 is 17.4 Å². The van der Waals surface area contributed by atoms with Gasteiger partial charge in [0.05, 0.1) is 0 Å². The molecule has 0 unspecified atom stereocenters. The van der Waals surface area contributed by atoms with E-state index in [1.807, 2.05) is 0 Å². The van der Waals surface area contributed by atoms with Gasteiger partial charge in [-0.3, -0.25) is 4.79 Å². The molecule has 0 amide bonds. The standard InChI is InChI=1S/C5H6F2O/c1-3(6)5(7)4(2)8/h1-2H3/b5-3+. The highest BCUT2D eigenvalue weighted by molar-refractivity contribution is 5.91. The Bertz CT molecular complexity index is 133. The zero-order valence-corrected chi connectivity index (χ0v) is 4.66. The van der Waals surface area contributed by atoms with Gasteiger partial charge in [0.1, 0.15) is 5.83 Å². The summed E-state index contributed by atoms with van der Waals surface area (Å²) in [4.78, 5) is 9.91. The minimum Gasteiger partial charge on any atom is -0.292 e. The molecule has 0 atom stereocenters. The summed E-state index contributed by atoms with van der Waals surface area (Å²) in [6, 6.07) is 0. The van der Waals surface area contributed by atoms with Gasteiger partial charge in [-0.15, -0.1) is 0 Å². The zero-order chi connectivity index (χ0) is 6.73. The van der Waals surface area contributed by atoms with Crippen LogP contribution in [0.4, 0.5) is 8.78 Å². The molecule has 8 heavy (non-hydrogen) atoms. The number of allylic oxidation sites excluding steroid dienone is 2. The normalized spacial score (nSPS) is 13.0. The smallest absolute Gasteiger partial charge is 0.196 e. The summed E-state index contributed by atoms with van der Waals surface area (Å²) in [5.41, 5.74) is 0. The summed E-state index contributed by atoms with van der Waals surface area (Å²) in [5, 5.41) is 0. The molecule has 0 radical (unpaired) electrons. The second kappa shape index (κ2) is 2.55. The van der Waals surface area contributed by atoms with Crippen molar-refractivity contribution in [3.05, 3.63) is 11.7 Å². The van der Waals surface area contributed by atoms with E-state index in [2.05, 4.69) is 0 Å². The molecule has 0 aromatic heterocycles. The van der Waals surface area contributed by atoms with Gasteiger partial charge in [0.25, 0.3) is 0 Å². The zero-order valence-electron chi connectivity index (χ0n) is 4.66. The van der Waals surface area contributed by atoms with Gasteiger partial charge in [0.15, 0.2) is 11.6 Å². The maximum Gasteiger partial charge on any atom is 0.196 e. The molecule has 0 aliphatic heterocycles. The third-order valence-corrected chi connectivity index (χ3v) is 0.612. The molecule has 0 heterocycles. The van der Waals surface area contributed by atoms with Gasteiger partial charge in [-0.05, 0) is 6.92 Å². The average molecular weight is 120 g/mol. The van der Waals surface area contributed by atoms with E-state index in [4.69, 9.17) is 0 Å². The van der Waals surface area contributed by atoms with E-state index in [-0.39, 0.29) is 0 Å². The van der Waals surface area contributed by atoms with E-state index in [0.29, 0.717) is 0 Å². The average Bonchev–Trinajstić information content (AvgIpc) is 1.64. The number of halogens is 2. The Labute approximate surface area is 46.0 Å². The predicted octanol–water partition coefficient (Wildman–Crippen LogP) is 1.75. The summed E-state index contributed by atoms with van der Waals surface area (Å²) in [5.74, 6) is -3.22. The van der Waals surface area contributed by atoms with Crippen molar-refractivity contribution in [1.82, 2.24) is 0 Å². The fourth-order valence-electron chi connectivity index (χ4n) is 0.243. The van der Waals surface area contributed by atoms with Gasteiger partial charge < -0.3 is 0 Å². The Hall–Kier alpha value is -0.730. The molecule has 0 rings (SSSR count). The third-order valence-electron chi connectivity index (χ3n) is 0.612. The van der Waals surface area contributed by atoms with Crippen molar-refractivity contribution in [2.45, 2.75) is 13.8 Å². The summed E-state index contributed by atoms with van der Waals surface area (Å²) in [6.45, 7) is 1.87. The minimum atomic E-state index is -1.29. The van der Waals surface area contributed by atoms with Crippen LogP contribution in [0.5, 0.6) is 0 Å². The number of carbonyl (C=O) groups is 1. The van der Waals surface area contributed by atoms with Gasteiger partial charge in [-0.25, -0.2) is 8.78 Å². The van der Waals surface area contributed by atoms with Gasteiger partial charge in [-0.1, -0.05) is 0 Å². The SMILES string of the molecule is CC(=O)/C(F)=C(/C)F. The monoisotopic (exact) mass is 120 g/mol. The second-order valence-corrected chi connectivity index (χ2v) is 1.40. The summed E-state index contributed by atoms with van der Waals surface area (Å²) >= 11 is 0. The first-order chi connectivity index (χ1) is 3.55. The van der Waals surface area contributed by atoms with Crippen LogP contribution in [0, 0.1) is 0 Å². The van der Waals surface area contributed by atoms with E-state index >= 15 is 0 Å². The van der Waals surface area contributed by atoms with Gasteiger partial charge >= 0.3 is 0 Å². The molecule has 3 heteroatoms. The molecule has 0 fully saturated rings. The first kappa shape index (κ1) is 7.27. The number of hydrogen-bond acceptors (Lipinski definition) is 1. The van der Waals surface area contributed by atoms with Gasteiger partial charge in [0.2, 0.25) is 0 Å². The maximum absolute atomic E-state index is 11.8. The predicted molar refractivity (Wildman–Crippen MR) is 25.6 cm³/mol. The van der Waals surface area contributed by atoms with Crippen LogP contribution in [0.1, 0.15) is 13.8 Å². The summed E-state index contributed by atoms with van der Waals surface area (Å²) in [6.07, 6.45) is 0. The lowest BCUT2D eigenvalue weighted by Crippen LogP contribution is -1.90. The molecule has 0 aliphatic carbocycles. The molecule has 1 nitrogen and oxygen atoms in total. The lowest BCUT2D eigenvalue weighted by atomic mass is 10.3. The van der Waals surface area contributed by atoms with Crippen LogP contribution < -0.4 is 0 Å². The Morgan fingerprint density at radius 2 is 1.62 bits per heavy atom. The van der Waals surface area contributed by atoms with Crippen molar-refractivity contribution >= 4 is 5.78 Å².